The fraction of sp³-hybridized carbons (Fsp3) is 0.647. The number of morpholine rings is 2. The van der Waals surface area contributed by atoms with E-state index >= 15 is 0 Å². The van der Waals surface area contributed by atoms with E-state index in [2.05, 4.69) is 6.07 Å². The molecule has 2 saturated heterocycles. The number of nitrogens with one attached hydrogen (secondary N) is 2. The van der Waals surface area contributed by atoms with Crippen LogP contribution in [0.1, 0.15) is 11.7 Å². The van der Waals surface area contributed by atoms with Crippen molar-refractivity contribution < 1.29 is 28.7 Å². The second-order valence-electron chi connectivity index (χ2n) is 6.08. The molecule has 0 spiro atoms. The van der Waals surface area contributed by atoms with Crippen molar-refractivity contribution in [3.05, 3.63) is 23.8 Å². The summed E-state index contributed by atoms with van der Waals surface area (Å²) < 4.78 is 22.2. The summed E-state index contributed by atoms with van der Waals surface area (Å²) in [7, 11) is 3.45. The number of methoxy groups -OCH3 is 2. The molecule has 2 fully saturated rings. The molecule has 128 valence electrons. The molecule has 0 radical (unpaired) electrons. The van der Waals surface area contributed by atoms with Gasteiger partial charge in [0.15, 0.2) is 0 Å². The standard InChI is InChI=1S/C17H26N2O4/c1-20-14-3-4-16(21-2)15(13-14)17(18-5-9-22-10-6-18)19-7-11-23-12-8-19/h3-4,13,17H,5-12H2,1-2H3/p+2. The Morgan fingerprint density at radius 1 is 0.870 bits per heavy atom. The lowest BCUT2D eigenvalue weighted by Crippen LogP contribution is -3.32. The predicted molar refractivity (Wildman–Crippen MR) is 85.3 cm³/mol. The minimum atomic E-state index is 0.327. The minimum Gasteiger partial charge on any atom is -0.497 e. The molecule has 0 bridgehead atoms. The molecule has 2 heterocycles. The van der Waals surface area contributed by atoms with E-state index in [1.165, 1.54) is 5.56 Å². The van der Waals surface area contributed by atoms with Crippen molar-refractivity contribution in [3.63, 3.8) is 0 Å². The van der Waals surface area contributed by atoms with Crippen molar-refractivity contribution in [2.45, 2.75) is 6.17 Å². The number of rotatable bonds is 5. The van der Waals surface area contributed by atoms with Gasteiger partial charge in [0, 0.05) is 0 Å². The molecule has 0 saturated carbocycles. The van der Waals surface area contributed by atoms with Crippen molar-refractivity contribution in [2.75, 3.05) is 66.8 Å². The van der Waals surface area contributed by atoms with Gasteiger partial charge in [-0.1, -0.05) is 0 Å². The van der Waals surface area contributed by atoms with Crippen LogP contribution in [-0.2, 0) is 9.47 Å². The number of hydrogen-bond donors (Lipinski definition) is 2. The molecule has 0 unspecified atom stereocenters. The fourth-order valence-electron chi connectivity index (χ4n) is 3.64. The van der Waals surface area contributed by atoms with Gasteiger partial charge in [0.1, 0.15) is 43.2 Å². The van der Waals surface area contributed by atoms with Crippen LogP contribution in [0.15, 0.2) is 18.2 Å². The molecule has 2 aliphatic heterocycles. The average molecular weight is 324 g/mol. The smallest absolute Gasteiger partial charge is 0.244 e. The van der Waals surface area contributed by atoms with Crippen LogP contribution < -0.4 is 19.3 Å². The van der Waals surface area contributed by atoms with Crippen LogP contribution in [0.4, 0.5) is 0 Å². The zero-order valence-electron chi connectivity index (χ0n) is 14.1. The summed E-state index contributed by atoms with van der Waals surface area (Å²) in [6.07, 6.45) is 0.327. The molecule has 2 aliphatic rings. The summed E-state index contributed by atoms with van der Waals surface area (Å²) in [5, 5.41) is 0. The van der Waals surface area contributed by atoms with Crippen LogP contribution in [0, 0.1) is 0 Å². The second kappa shape index (κ2) is 7.97. The molecular weight excluding hydrogens is 296 g/mol. The van der Waals surface area contributed by atoms with Gasteiger partial charge < -0.3 is 18.9 Å². The Balaban J connectivity index is 1.95. The van der Waals surface area contributed by atoms with E-state index in [-0.39, 0.29) is 0 Å². The summed E-state index contributed by atoms with van der Waals surface area (Å²) in [5.41, 5.74) is 1.22. The first-order chi connectivity index (χ1) is 11.3. The van der Waals surface area contributed by atoms with Crippen LogP contribution in [0.25, 0.3) is 0 Å². The highest BCUT2D eigenvalue weighted by atomic mass is 16.5. The number of hydrogen-bond acceptors (Lipinski definition) is 4. The van der Waals surface area contributed by atoms with E-state index in [1.807, 2.05) is 12.1 Å². The molecule has 0 aromatic heterocycles. The molecular formula is C17H28N2O4+2. The van der Waals surface area contributed by atoms with E-state index in [0.29, 0.717) is 6.17 Å². The van der Waals surface area contributed by atoms with Crippen molar-refractivity contribution in [3.8, 4) is 11.5 Å². The third-order valence-corrected chi connectivity index (χ3v) is 4.83. The Hall–Kier alpha value is -1.34. The van der Waals surface area contributed by atoms with Crippen molar-refractivity contribution >= 4 is 0 Å². The SMILES string of the molecule is COc1ccc(OC)c(C([NH+]2CCOCC2)[NH+]2CCOCC2)c1. The molecule has 2 N–H and O–H groups in total. The average Bonchev–Trinajstić information content (AvgIpc) is 2.63. The Labute approximate surface area is 137 Å². The number of quaternary nitrogens is 2. The Kier molecular flexibility index (Phi) is 5.72. The fourth-order valence-corrected chi connectivity index (χ4v) is 3.64. The van der Waals surface area contributed by atoms with Crippen LogP contribution in [0.5, 0.6) is 11.5 Å². The zero-order valence-corrected chi connectivity index (χ0v) is 14.1. The molecule has 0 atom stereocenters. The monoisotopic (exact) mass is 324 g/mol. The predicted octanol–water partition coefficient (Wildman–Crippen LogP) is -1.47. The maximum absolute atomic E-state index is 5.66. The van der Waals surface area contributed by atoms with E-state index in [9.17, 15) is 0 Å². The van der Waals surface area contributed by atoms with Crippen molar-refractivity contribution in [1.29, 1.82) is 0 Å². The highest BCUT2D eigenvalue weighted by Crippen LogP contribution is 2.26. The maximum Gasteiger partial charge on any atom is 0.244 e. The number of benzene rings is 1. The van der Waals surface area contributed by atoms with Crippen molar-refractivity contribution in [2.24, 2.45) is 0 Å². The minimum absolute atomic E-state index is 0.327. The van der Waals surface area contributed by atoms with Crippen molar-refractivity contribution in [1.82, 2.24) is 0 Å². The molecule has 0 aliphatic carbocycles. The quantitative estimate of drug-likeness (QED) is 0.694. The Morgan fingerprint density at radius 2 is 1.43 bits per heavy atom. The third-order valence-electron chi connectivity index (χ3n) is 4.83. The Bertz CT molecular complexity index is 481. The van der Waals surface area contributed by atoms with E-state index < -0.39 is 0 Å². The molecule has 0 amide bonds. The summed E-state index contributed by atoms with van der Waals surface area (Å²) in [5.74, 6) is 1.82. The van der Waals surface area contributed by atoms with Gasteiger partial charge in [0.25, 0.3) is 0 Å². The summed E-state index contributed by atoms with van der Waals surface area (Å²) in [4.78, 5) is 3.11. The first-order valence-corrected chi connectivity index (χ1v) is 8.40. The van der Waals surface area contributed by atoms with Crippen LogP contribution in [0.3, 0.4) is 0 Å². The van der Waals surface area contributed by atoms with E-state index in [4.69, 9.17) is 18.9 Å². The first kappa shape index (κ1) is 16.5. The van der Waals surface area contributed by atoms with Gasteiger partial charge in [-0.2, -0.15) is 0 Å². The number of ether oxygens (including phenoxy) is 4. The third kappa shape index (κ3) is 3.77. The van der Waals surface area contributed by atoms with Crippen LogP contribution in [0.2, 0.25) is 0 Å². The van der Waals surface area contributed by atoms with Gasteiger partial charge in [-0.25, -0.2) is 0 Å². The van der Waals surface area contributed by atoms with Gasteiger partial charge in [-0.3, -0.25) is 9.80 Å². The topological polar surface area (TPSA) is 45.8 Å². The maximum atomic E-state index is 5.66. The second-order valence-corrected chi connectivity index (χ2v) is 6.08. The van der Waals surface area contributed by atoms with Crippen LogP contribution in [-0.4, -0.2) is 66.8 Å². The van der Waals surface area contributed by atoms with Gasteiger partial charge in [0.05, 0.1) is 40.6 Å². The van der Waals surface area contributed by atoms with E-state index in [0.717, 1.165) is 64.1 Å². The lowest BCUT2D eigenvalue weighted by Gasteiger charge is -2.37. The summed E-state index contributed by atoms with van der Waals surface area (Å²) in [6, 6.07) is 6.11. The molecule has 6 heteroatoms. The van der Waals surface area contributed by atoms with Gasteiger partial charge in [0.2, 0.25) is 6.17 Å². The highest BCUT2D eigenvalue weighted by Gasteiger charge is 2.38. The largest absolute Gasteiger partial charge is 0.497 e. The summed E-state index contributed by atoms with van der Waals surface area (Å²) >= 11 is 0. The van der Waals surface area contributed by atoms with Gasteiger partial charge in [-0.05, 0) is 18.2 Å². The molecule has 1 aromatic carbocycles. The molecule has 23 heavy (non-hydrogen) atoms. The highest BCUT2D eigenvalue weighted by molar-refractivity contribution is 5.40. The summed E-state index contributed by atoms with van der Waals surface area (Å²) in [6.45, 7) is 7.38. The molecule has 6 nitrogen and oxygen atoms in total. The van der Waals surface area contributed by atoms with E-state index in [1.54, 1.807) is 24.0 Å². The molecule has 1 aromatic rings. The zero-order chi connectivity index (χ0) is 16.1. The van der Waals surface area contributed by atoms with Gasteiger partial charge >= 0.3 is 0 Å². The Morgan fingerprint density at radius 3 is 1.91 bits per heavy atom. The lowest BCUT2D eigenvalue weighted by atomic mass is 10.1. The first-order valence-electron chi connectivity index (χ1n) is 8.40. The van der Waals surface area contributed by atoms with Gasteiger partial charge in [-0.15, -0.1) is 0 Å². The molecule has 3 rings (SSSR count). The lowest BCUT2D eigenvalue weighted by molar-refractivity contribution is -1.14. The van der Waals surface area contributed by atoms with Crippen LogP contribution >= 0.6 is 0 Å². The normalized spacial score (nSPS) is 20.7.